The summed E-state index contributed by atoms with van der Waals surface area (Å²) in [5.74, 6) is 1.18. The van der Waals surface area contributed by atoms with Crippen molar-refractivity contribution >= 4 is 22.4 Å². The van der Waals surface area contributed by atoms with E-state index in [1.54, 1.807) is 11.3 Å². The third kappa shape index (κ3) is 3.81. The summed E-state index contributed by atoms with van der Waals surface area (Å²) in [7, 11) is 0. The van der Waals surface area contributed by atoms with Crippen LogP contribution in [0.5, 0.6) is 0 Å². The number of nitrogens with one attached hydrogen (secondary N) is 1. The van der Waals surface area contributed by atoms with Crippen molar-refractivity contribution in [3.05, 3.63) is 10.6 Å². The lowest BCUT2D eigenvalue weighted by Gasteiger charge is -2.33. The topological polar surface area (TPSA) is 42.0 Å². The van der Waals surface area contributed by atoms with Gasteiger partial charge in [0.05, 0.1) is 5.69 Å². The predicted molar refractivity (Wildman–Crippen MR) is 85.2 cm³/mol. The number of carbonyl (C=O) groups is 1. The van der Waals surface area contributed by atoms with Crippen molar-refractivity contribution in [3.63, 3.8) is 0 Å². The number of fused-ring (bicyclic) bond motifs is 1. The zero-order valence-electron chi connectivity index (χ0n) is 13.2. The molecule has 1 aromatic heterocycles. The maximum atomic E-state index is 11.8. The van der Waals surface area contributed by atoms with Crippen LogP contribution >= 0.6 is 11.3 Å². The van der Waals surface area contributed by atoms with Gasteiger partial charge in [-0.3, -0.25) is 4.79 Å². The molecule has 0 bridgehead atoms. The molecule has 1 aromatic rings. The number of aromatic nitrogens is 1. The van der Waals surface area contributed by atoms with Gasteiger partial charge in [0.2, 0.25) is 5.91 Å². The summed E-state index contributed by atoms with van der Waals surface area (Å²) in [5, 5.41) is 3.74. The Balaban J connectivity index is 2.04. The van der Waals surface area contributed by atoms with Crippen LogP contribution in [0.3, 0.4) is 0 Å². The summed E-state index contributed by atoms with van der Waals surface area (Å²) >= 11 is 1.67. The maximum Gasteiger partial charge on any atom is 0.226 e. The molecule has 1 N–H and O–H groups in total. The van der Waals surface area contributed by atoms with Gasteiger partial charge in [-0.05, 0) is 36.5 Å². The number of nitrogens with zero attached hydrogens (tertiary/aromatic N) is 1. The summed E-state index contributed by atoms with van der Waals surface area (Å²) in [5.41, 5.74) is 1.55. The van der Waals surface area contributed by atoms with Crippen molar-refractivity contribution in [2.24, 2.45) is 17.3 Å². The van der Waals surface area contributed by atoms with Crippen molar-refractivity contribution < 1.29 is 4.79 Å². The van der Waals surface area contributed by atoms with Crippen LogP contribution in [0.1, 0.15) is 58.0 Å². The molecular formula is C16H26N2OS. The van der Waals surface area contributed by atoms with Crippen molar-refractivity contribution in [1.29, 1.82) is 0 Å². The molecule has 1 aliphatic rings. The van der Waals surface area contributed by atoms with Gasteiger partial charge < -0.3 is 5.32 Å². The van der Waals surface area contributed by atoms with Crippen molar-refractivity contribution in [2.75, 3.05) is 5.32 Å². The molecule has 0 unspecified atom stereocenters. The Morgan fingerprint density at radius 2 is 2.15 bits per heavy atom. The van der Waals surface area contributed by atoms with Crippen LogP contribution in [0, 0.1) is 17.3 Å². The van der Waals surface area contributed by atoms with E-state index in [0.717, 1.165) is 23.9 Å². The normalized spacial score (nSPS) is 19.0. The number of rotatable bonds is 3. The summed E-state index contributed by atoms with van der Waals surface area (Å²) in [4.78, 5) is 17.8. The van der Waals surface area contributed by atoms with Gasteiger partial charge in [-0.25, -0.2) is 4.98 Å². The average molecular weight is 294 g/mol. The summed E-state index contributed by atoms with van der Waals surface area (Å²) in [6.07, 6.45) is 3.93. The molecule has 0 radical (unpaired) electrons. The summed E-state index contributed by atoms with van der Waals surface area (Å²) in [6, 6.07) is 0. The minimum absolute atomic E-state index is 0.0819. The number of amides is 1. The second kappa shape index (κ2) is 5.84. The van der Waals surface area contributed by atoms with Crippen LogP contribution in [-0.2, 0) is 17.6 Å². The highest BCUT2D eigenvalue weighted by molar-refractivity contribution is 7.15. The van der Waals surface area contributed by atoms with Crippen molar-refractivity contribution in [3.8, 4) is 0 Å². The molecule has 3 nitrogen and oxygen atoms in total. The van der Waals surface area contributed by atoms with Crippen LogP contribution in [0.4, 0.5) is 5.13 Å². The van der Waals surface area contributed by atoms with Crippen LogP contribution in [-0.4, -0.2) is 10.9 Å². The van der Waals surface area contributed by atoms with E-state index in [-0.39, 0.29) is 5.91 Å². The number of carbonyl (C=O) groups excluding carboxylic acids is 1. The second-order valence-corrected chi connectivity index (χ2v) is 8.42. The lowest BCUT2D eigenvalue weighted by atomic mass is 9.73. The first kappa shape index (κ1) is 15.5. The highest BCUT2D eigenvalue weighted by Gasteiger charge is 2.30. The van der Waals surface area contributed by atoms with Crippen LogP contribution in [0.15, 0.2) is 0 Å². The fourth-order valence-corrected chi connectivity index (χ4v) is 3.81. The largest absolute Gasteiger partial charge is 0.302 e. The van der Waals surface area contributed by atoms with Crippen LogP contribution in [0.25, 0.3) is 0 Å². The van der Waals surface area contributed by atoms with Crippen molar-refractivity contribution in [2.45, 2.75) is 60.3 Å². The Labute approximate surface area is 126 Å². The molecular weight excluding hydrogens is 268 g/mol. The summed E-state index contributed by atoms with van der Waals surface area (Å²) < 4.78 is 0. The highest BCUT2D eigenvalue weighted by Crippen LogP contribution is 2.40. The lowest BCUT2D eigenvalue weighted by molar-refractivity contribution is -0.116. The minimum atomic E-state index is 0.0819. The molecule has 2 rings (SSSR count). The smallest absolute Gasteiger partial charge is 0.226 e. The fourth-order valence-electron chi connectivity index (χ4n) is 2.71. The average Bonchev–Trinajstić information content (AvgIpc) is 2.66. The van der Waals surface area contributed by atoms with Crippen LogP contribution in [0.2, 0.25) is 0 Å². The number of aryl methyl sites for hydroxylation is 1. The molecule has 0 aromatic carbocycles. The zero-order valence-corrected chi connectivity index (χ0v) is 14.1. The minimum Gasteiger partial charge on any atom is -0.302 e. The third-order valence-electron chi connectivity index (χ3n) is 4.00. The van der Waals surface area contributed by atoms with E-state index in [1.807, 2.05) is 0 Å². The number of anilines is 1. The molecule has 1 aliphatic carbocycles. The SMILES string of the molecule is CC(C)CC(=O)Nc1nc2c(s1)C[C@H](C(C)(C)C)CC2. The monoisotopic (exact) mass is 294 g/mol. The van der Waals surface area contributed by atoms with Gasteiger partial charge in [0, 0.05) is 11.3 Å². The first-order chi connectivity index (χ1) is 9.25. The first-order valence-corrected chi connectivity index (χ1v) is 8.35. The van der Waals surface area contributed by atoms with Gasteiger partial charge in [0.1, 0.15) is 0 Å². The second-order valence-electron chi connectivity index (χ2n) is 7.34. The molecule has 0 spiro atoms. The van der Waals surface area contributed by atoms with Gasteiger partial charge in [-0.15, -0.1) is 11.3 Å². The number of hydrogen-bond acceptors (Lipinski definition) is 3. The molecule has 4 heteroatoms. The molecule has 1 atom stereocenters. The van der Waals surface area contributed by atoms with Gasteiger partial charge >= 0.3 is 0 Å². The molecule has 0 saturated carbocycles. The lowest BCUT2D eigenvalue weighted by Crippen LogP contribution is -2.26. The predicted octanol–water partition coefficient (Wildman–Crippen LogP) is 4.28. The third-order valence-corrected chi connectivity index (χ3v) is 5.04. The molecule has 112 valence electrons. The Morgan fingerprint density at radius 3 is 2.75 bits per heavy atom. The Bertz CT molecular complexity index is 485. The van der Waals surface area contributed by atoms with E-state index in [0.29, 0.717) is 17.8 Å². The van der Waals surface area contributed by atoms with Crippen LogP contribution < -0.4 is 5.32 Å². The van der Waals surface area contributed by atoms with E-state index in [4.69, 9.17) is 0 Å². The molecule has 0 fully saturated rings. The quantitative estimate of drug-likeness (QED) is 0.904. The number of thiazole rings is 1. The van der Waals surface area contributed by atoms with E-state index in [9.17, 15) is 4.79 Å². The first-order valence-electron chi connectivity index (χ1n) is 7.54. The molecule has 0 saturated heterocycles. The van der Waals surface area contributed by atoms with E-state index in [1.165, 1.54) is 17.0 Å². The Kier molecular flexibility index (Phi) is 4.52. The maximum absolute atomic E-state index is 11.8. The van der Waals surface area contributed by atoms with Gasteiger partial charge in [-0.2, -0.15) is 0 Å². The van der Waals surface area contributed by atoms with Gasteiger partial charge in [0.25, 0.3) is 0 Å². The Hall–Kier alpha value is -0.900. The zero-order chi connectivity index (χ0) is 14.9. The van der Waals surface area contributed by atoms with Gasteiger partial charge in [-0.1, -0.05) is 34.6 Å². The van der Waals surface area contributed by atoms with E-state index >= 15 is 0 Å². The van der Waals surface area contributed by atoms with Crippen molar-refractivity contribution in [1.82, 2.24) is 4.98 Å². The highest BCUT2D eigenvalue weighted by atomic mass is 32.1. The summed E-state index contributed by atoms with van der Waals surface area (Å²) in [6.45, 7) is 11.1. The fraction of sp³-hybridized carbons (Fsp3) is 0.750. The van der Waals surface area contributed by atoms with E-state index in [2.05, 4.69) is 44.9 Å². The molecule has 0 aliphatic heterocycles. The van der Waals surface area contributed by atoms with E-state index < -0.39 is 0 Å². The molecule has 1 heterocycles. The Morgan fingerprint density at radius 1 is 1.45 bits per heavy atom. The molecule has 1 amide bonds. The number of hydrogen-bond donors (Lipinski definition) is 1. The molecule has 20 heavy (non-hydrogen) atoms. The van der Waals surface area contributed by atoms with Gasteiger partial charge in [0.15, 0.2) is 5.13 Å². The standard InChI is InChI=1S/C16H26N2OS/c1-10(2)8-14(19)18-15-17-12-7-6-11(16(3,4)5)9-13(12)20-15/h10-11H,6-9H2,1-5H3,(H,17,18,19)/t11-/m1/s1.